The molecule has 0 radical (unpaired) electrons. The molecule has 0 unspecified atom stereocenters. The average molecular weight is 536 g/mol. The maximum atomic E-state index is 13.6. The van der Waals surface area contributed by atoms with Gasteiger partial charge in [0.05, 0.1) is 6.61 Å². The van der Waals surface area contributed by atoms with Gasteiger partial charge in [0.25, 0.3) is 5.91 Å². The first-order valence-corrected chi connectivity index (χ1v) is 14.0. The van der Waals surface area contributed by atoms with Crippen LogP contribution in [-0.2, 0) is 16.0 Å². The highest BCUT2D eigenvalue weighted by atomic mass is 16.6. The lowest BCUT2D eigenvalue weighted by Gasteiger charge is -2.26. The number of ether oxygens (including phenoxy) is 2. The number of carbonyl (C=O) groups excluding carboxylic acids is 2. The Bertz CT molecular complexity index is 1290. The largest absolute Gasteiger partial charge is 0.482 e. The van der Waals surface area contributed by atoms with E-state index in [1.54, 1.807) is 6.92 Å². The first-order chi connectivity index (χ1) is 19.6. The van der Waals surface area contributed by atoms with Gasteiger partial charge >= 0.3 is 5.97 Å². The van der Waals surface area contributed by atoms with E-state index < -0.39 is 0 Å². The Labute approximate surface area is 237 Å². The van der Waals surface area contributed by atoms with Crippen LogP contribution in [0.4, 0.5) is 0 Å². The predicted octanol–water partition coefficient (Wildman–Crippen LogP) is 6.93. The average Bonchev–Trinajstić information content (AvgIpc) is 3.01. The van der Waals surface area contributed by atoms with Crippen LogP contribution >= 0.6 is 0 Å². The summed E-state index contributed by atoms with van der Waals surface area (Å²) in [6.45, 7) is 3.27. The molecular weight excluding hydrogens is 498 g/mol. The molecular formula is C35H37NO4. The topological polar surface area (TPSA) is 55.8 Å². The number of benzene rings is 4. The Kier molecular flexibility index (Phi) is 10.9. The van der Waals surface area contributed by atoms with Crippen LogP contribution in [0, 0.1) is 0 Å². The van der Waals surface area contributed by atoms with Crippen LogP contribution in [0.15, 0.2) is 115 Å². The van der Waals surface area contributed by atoms with Crippen LogP contribution in [0.5, 0.6) is 5.75 Å². The molecule has 0 bridgehead atoms. The molecule has 5 heteroatoms. The molecule has 1 amide bonds. The van der Waals surface area contributed by atoms with Crippen LogP contribution in [0.1, 0.15) is 52.7 Å². The number of rotatable bonds is 14. The second-order valence-corrected chi connectivity index (χ2v) is 9.67. The SMILES string of the molecule is CCOC(=O)COc1cccc(CCCN(CCC(c2ccccc2)c2ccccc2)C(=O)c2ccccc2)c1. The molecule has 4 aromatic rings. The molecule has 0 N–H and O–H groups in total. The summed E-state index contributed by atoms with van der Waals surface area (Å²) >= 11 is 0. The molecule has 0 saturated heterocycles. The van der Waals surface area contributed by atoms with Gasteiger partial charge in [-0.15, -0.1) is 0 Å². The second kappa shape index (κ2) is 15.3. The van der Waals surface area contributed by atoms with Crippen LogP contribution in [0.25, 0.3) is 0 Å². The zero-order valence-electron chi connectivity index (χ0n) is 23.1. The number of carbonyl (C=O) groups is 2. The van der Waals surface area contributed by atoms with Gasteiger partial charge in [-0.3, -0.25) is 4.79 Å². The van der Waals surface area contributed by atoms with Crippen molar-refractivity contribution in [3.05, 3.63) is 138 Å². The van der Waals surface area contributed by atoms with Gasteiger partial charge in [0.1, 0.15) is 5.75 Å². The minimum absolute atomic E-state index is 0.0481. The second-order valence-electron chi connectivity index (χ2n) is 9.67. The number of aryl methyl sites for hydroxylation is 1. The molecule has 0 heterocycles. The summed E-state index contributed by atoms with van der Waals surface area (Å²) < 4.78 is 10.5. The molecule has 0 fully saturated rings. The highest BCUT2D eigenvalue weighted by Crippen LogP contribution is 2.28. The number of hydrogen-bond donors (Lipinski definition) is 0. The van der Waals surface area contributed by atoms with E-state index in [4.69, 9.17) is 9.47 Å². The molecule has 0 aliphatic heterocycles. The fraction of sp³-hybridized carbons (Fsp3) is 0.257. The Morgan fingerprint density at radius 1 is 0.750 bits per heavy atom. The van der Waals surface area contributed by atoms with Crippen molar-refractivity contribution in [3.63, 3.8) is 0 Å². The molecule has 4 rings (SSSR count). The summed E-state index contributed by atoms with van der Waals surface area (Å²) in [7, 11) is 0. The van der Waals surface area contributed by atoms with Gasteiger partial charge in [-0.2, -0.15) is 0 Å². The van der Waals surface area contributed by atoms with Crippen molar-refractivity contribution in [1.29, 1.82) is 0 Å². The molecule has 0 spiro atoms. The van der Waals surface area contributed by atoms with Gasteiger partial charge in [0, 0.05) is 24.6 Å². The summed E-state index contributed by atoms with van der Waals surface area (Å²) in [6, 6.07) is 38.3. The maximum Gasteiger partial charge on any atom is 0.344 e. The summed E-state index contributed by atoms with van der Waals surface area (Å²) in [5.74, 6) is 0.498. The standard InChI is InChI=1S/C35H37NO4/c1-2-39-34(37)27-40-32-22-12-14-28(26-32)15-13-24-36(35(38)31-20-10-5-11-21-31)25-23-33(29-16-6-3-7-17-29)30-18-8-4-9-19-30/h3-12,14,16-22,26,33H,2,13,15,23-25,27H2,1H3. The number of esters is 1. The highest BCUT2D eigenvalue weighted by molar-refractivity contribution is 5.94. The van der Waals surface area contributed by atoms with E-state index in [-0.39, 0.29) is 24.4 Å². The fourth-order valence-electron chi connectivity index (χ4n) is 4.87. The lowest BCUT2D eigenvalue weighted by molar-refractivity contribution is -0.145. The summed E-state index contributed by atoms with van der Waals surface area (Å²) in [4.78, 5) is 27.2. The van der Waals surface area contributed by atoms with Gasteiger partial charge in [0.2, 0.25) is 0 Å². The monoisotopic (exact) mass is 535 g/mol. The van der Waals surface area contributed by atoms with Crippen LogP contribution < -0.4 is 4.74 Å². The normalized spacial score (nSPS) is 10.8. The van der Waals surface area contributed by atoms with Crippen LogP contribution in [0.3, 0.4) is 0 Å². The summed E-state index contributed by atoms with van der Waals surface area (Å²) in [5, 5.41) is 0. The molecule has 0 atom stereocenters. The molecule has 5 nitrogen and oxygen atoms in total. The molecule has 0 aromatic heterocycles. The van der Waals surface area contributed by atoms with Crippen molar-refractivity contribution < 1.29 is 19.1 Å². The molecule has 0 aliphatic carbocycles. The maximum absolute atomic E-state index is 13.6. The zero-order valence-corrected chi connectivity index (χ0v) is 23.1. The fourth-order valence-corrected chi connectivity index (χ4v) is 4.87. The third-order valence-corrected chi connectivity index (χ3v) is 6.85. The van der Waals surface area contributed by atoms with E-state index in [1.807, 2.05) is 71.6 Å². The van der Waals surface area contributed by atoms with Crippen molar-refractivity contribution >= 4 is 11.9 Å². The van der Waals surface area contributed by atoms with Crippen molar-refractivity contribution in [3.8, 4) is 5.75 Å². The van der Waals surface area contributed by atoms with Gasteiger partial charge in [0.15, 0.2) is 6.61 Å². The van der Waals surface area contributed by atoms with E-state index >= 15 is 0 Å². The molecule has 40 heavy (non-hydrogen) atoms. The first kappa shape index (κ1) is 28.6. The lowest BCUT2D eigenvalue weighted by atomic mass is 9.88. The van der Waals surface area contributed by atoms with Gasteiger partial charge in [-0.1, -0.05) is 91.0 Å². The Balaban J connectivity index is 1.44. The molecule has 0 aliphatic rings. The number of hydrogen-bond acceptors (Lipinski definition) is 4. The zero-order chi connectivity index (χ0) is 28.0. The van der Waals surface area contributed by atoms with E-state index in [2.05, 4.69) is 48.5 Å². The third-order valence-electron chi connectivity index (χ3n) is 6.85. The van der Waals surface area contributed by atoms with Crippen molar-refractivity contribution in [2.24, 2.45) is 0 Å². The Hall–Kier alpha value is -4.38. The van der Waals surface area contributed by atoms with E-state index in [0.717, 1.165) is 24.8 Å². The van der Waals surface area contributed by atoms with Crippen LogP contribution in [-0.4, -0.2) is 43.1 Å². The molecule has 0 saturated carbocycles. The van der Waals surface area contributed by atoms with Crippen molar-refractivity contribution in [1.82, 2.24) is 4.90 Å². The highest BCUT2D eigenvalue weighted by Gasteiger charge is 2.20. The minimum Gasteiger partial charge on any atom is -0.482 e. The van der Waals surface area contributed by atoms with E-state index in [0.29, 0.717) is 31.0 Å². The van der Waals surface area contributed by atoms with Crippen molar-refractivity contribution in [2.75, 3.05) is 26.3 Å². The predicted molar refractivity (Wildman–Crippen MR) is 159 cm³/mol. The molecule has 4 aromatic carbocycles. The third kappa shape index (κ3) is 8.57. The quantitative estimate of drug-likeness (QED) is 0.164. The smallest absolute Gasteiger partial charge is 0.344 e. The Morgan fingerprint density at radius 3 is 2.00 bits per heavy atom. The van der Waals surface area contributed by atoms with Gasteiger partial charge in [-0.25, -0.2) is 4.79 Å². The lowest BCUT2D eigenvalue weighted by Crippen LogP contribution is -2.34. The van der Waals surface area contributed by atoms with E-state index in [1.165, 1.54) is 11.1 Å². The van der Waals surface area contributed by atoms with E-state index in [9.17, 15) is 9.59 Å². The van der Waals surface area contributed by atoms with Gasteiger partial charge in [-0.05, 0) is 67.1 Å². The van der Waals surface area contributed by atoms with Gasteiger partial charge < -0.3 is 14.4 Å². The first-order valence-electron chi connectivity index (χ1n) is 14.0. The number of amides is 1. The molecule has 206 valence electrons. The Morgan fingerprint density at radius 2 is 1.38 bits per heavy atom. The number of nitrogens with zero attached hydrogens (tertiary/aromatic N) is 1. The van der Waals surface area contributed by atoms with Crippen molar-refractivity contribution in [2.45, 2.75) is 32.1 Å². The minimum atomic E-state index is -0.382. The van der Waals surface area contributed by atoms with Crippen LogP contribution in [0.2, 0.25) is 0 Å². The summed E-state index contributed by atoms with van der Waals surface area (Å²) in [6.07, 6.45) is 2.42. The summed E-state index contributed by atoms with van der Waals surface area (Å²) in [5.41, 5.74) is 4.30.